The highest BCUT2D eigenvalue weighted by Gasteiger charge is 2.20. The molecule has 0 spiro atoms. The Kier molecular flexibility index (Phi) is 9.27. The maximum Gasteiger partial charge on any atom is 0.259 e. The highest BCUT2D eigenvalue weighted by atomic mass is 127. The zero-order chi connectivity index (χ0) is 22.0. The molecule has 9 heteroatoms. The van der Waals surface area contributed by atoms with E-state index < -0.39 is 11.8 Å². The number of rotatable bonds is 4. The molecule has 0 aliphatic rings. The van der Waals surface area contributed by atoms with Gasteiger partial charge in [-0.15, -0.1) is 12.4 Å². The van der Waals surface area contributed by atoms with Gasteiger partial charge in [0.05, 0.1) is 21.1 Å². The molecule has 31 heavy (non-hydrogen) atoms. The summed E-state index contributed by atoms with van der Waals surface area (Å²) in [7, 11) is 0. The lowest BCUT2D eigenvalue weighted by atomic mass is 9.91. The topological polar surface area (TPSA) is 73.1 Å². The van der Waals surface area contributed by atoms with Crippen molar-refractivity contribution in [3.63, 3.8) is 0 Å². The van der Waals surface area contributed by atoms with Crippen LogP contribution in [-0.4, -0.2) is 11.0 Å². The summed E-state index contributed by atoms with van der Waals surface area (Å²) in [4.78, 5) is 12.7. The van der Waals surface area contributed by atoms with E-state index in [0.29, 0.717) is 24.9 Å². The average molecular weight is 700 g/mol. The van der Waals surface area contributed by atoms with Crippen molar-refractivity contribution < 1.29 is 9.90 Å². The lowest BCUT2D eigenvalue weighted by molar-refractivity contribution is 0.102. The van der Waals surface area contributed by atoms with Crippen molar-refractivity contribution in [3.05, 3.63) is 88.0 Å². The largest absolute Gasteiger partial charge is 0.506 e. The van der Waals surface area contributed by atoms with Crippen molar-refractivity contribution in [2.24, 2.45) is 0 Å². The molecular weight excluding hydrogens is 684 g/mol. The fourth-order valence-electron chi connectivity index (χ4n) is 2.97. The molecule has 1 amide bonds. The lowest BCUT2D eigenvalue weighted by Crippen LogP contribution is -2.14. The van der Waals surface area contributed by atoms with Gasteiger partial charge in [-0.3, -0.25) is 4.79 Å². The summed E-state index contributed by atoms with van der Waals surface area (Å²) in [5.41, 5.74) is 2.86. The van der Waals surface area contributed by atoms with Gasteiger partial charge in [-0.1, -0.05) is 41.4 Å². The van der Waals surface area contributed by atoms with E-state index in [4.69, 9.17) is 23.2 Å². The minimum absolute atomic E-state index is 0. The molecule has 0 aliphatic heterocycles. The molecule has 1 atom stereocenters. The average Bonchev–Trinajstić information content (AvgIpc) is 2.70. The van der Waals surface area contributed by atoms with Gasteiger partial charge in [0.1, 0.15) is 5.75 Å². The van der Waals surface area contributed by atoms with E-state index in [1.54, 1.807) is 48.5 Å². The minimum Gasteiger partial charge on any atom is -0.506 e. The molecular formula is C22H15Cl3I2N2O2. The number of aryl methyl sites for hydroxylation is 1. The molecule has 3 aromatic carbocycles. The fourth-order valence-corrected chi connectivity index (χ4v) is 5.21. The van der Waals surface area contributed by atoms with E-state index >= 15 is 0 Å². The smallest absolute Gasteiger partial charge is 0.259 e. The Balaban J connectivity index is 0.00000341. The Morgan fingerprint density at radius 3 is 2.39 bits per heavy atom. The zero-order valence-corrected chi connectivity index (χ0v) is 22.6. The first-order valence-corrected chi connectivity index (χ1v) is 11.6. The Morgan fingerprint density at radius 2 is 1.77 bits per heavy atom. The van der Waals surface area contributed by atoms with Crippen LogP contribution in [0.1, 0.15) is 33.0 Å². The quantitative estimate of drug-likeness (QED) is 0.277. The van der Waals surface area contributed by atoms with Gasteiger partial charge < -0.3 is 10.4 Å². The number of benzene rings is 3. The van der Waals surface area contributed by atoms with Crippen molar-refractivity contribution in [2.45, 2.75) is 12.8 Å². The number of amides is 1. The summed E-state index contributed by atoms with van der Waals surface area (Å²) in [6, 6.07) is 16.1. The number of nitriles is 1. The van der Waals surface area contributed by atoms with Gasteiger partial charge in [-0.25, -0.2) is 0 Å². The van der Waals surface area contributed by atoms with Crippen molar-refractivity contribution in [2.75, 3.05) is 5.32 Å². The van der Waals surface area contributed by atoms with Crippen molar-refractivity contribution in [1.82, 2.24) is 0 Å². The number of aromatic hydroxyl groups is 1. The highest BCUT2D eigenvalue weighted by Crippen LogP contribution is 2.35. The predicted molar refractivity (Wildman–Crippen MR) is 144 cm³/mol. The van der Waals surface area contributed by atoms with Crippen LogP contribution >= 0.6 is 80.8 Å². The van der Waals surface area contributed by atoms with Crippen molar-refractivity contribution >= 4 is 92.4 Å². The molecule has 3 aromatic rings. The third-order valence-corrected chi connectivity index (χ3v) is 6.53. The Morgan fingerprint density at radius 1 is 1.13 bits per heavy atom. The monoisotopic (exact) mass is 698 g/mol. The SMILES string of the molecule is Cc1cc(C(C#N)c2ccc(Cl)cc2)c(Cl)cc1NC(=O)c1cc(I)cc(I)c1O.Cl. The molecule has 1 unspecified atom stereocenters. The normalized spacial score (nSPS) is 11.2. The van der Waals surface area contributed by atoms with Gasteiger partial charge >= 0.3 is 0 Å². The third kappa shape index (κ3) is 5.96. The molecule has 0 saturated heterocycles. The first kappa shape index (κ1) is 26.0. The van der Waals surface area contributed by atoms with Gasteiger partial charge in [0.2, 0.25) is 0 Å². The number of carbonyl (C=O) groups is 1. The van der Waals surface area contributed by atoms with Crippen LogP contribution in [0.2, 0.25) is 10.0 Å². The molecule has 0 aliphatic carbocycles. The number of nitrogens with one attached hydrogen (secondary N) is 1. The van der Waals surface area contributed by atoms with E-state index in [2.05, 4.69) is 34.0 Å². The maximum atomic E-state index is 12.7. The Bertz CT molecular complexity index is 1180. The van der Waals surface area contributed by atoms with E-state index in [9.17, 15) is 15.2 Å². The van der Waals surface area contributed by atoms with E-state index in [1.165, 1.54) is 0 Å². The van der Waals surface area contributed by atoms with E-state index in [0.717, 1.165) is 14.7 Å². The first-order chi connectivity index (χ1) is 14.2. The minimum atomic E-state index is -0.570. The second-order valence-electron chi connectivity index (χ2n) is 6.54. The summed E-state index contributed by atoms with van der Waals surface area (Å²) in [5.74, 6) is -1.08. The molecule has 160 valence electrons. The molecule has 4 nitrogen and oxygen atoms in total. The molecule has 0 aromatic heterocycles. The highest BCUT2D eigenvalue weighted by molar-refractivity contribution is 14.1. The number of anilines is 1. The summed E-state index contributed by atoms with van der Waals surface area (Å²) in [6.45, 7) is 1.82. The summed E-state index contributed by atoms with van der Waals surface area (Å²) < 4.78 is 1.43. The molecule has 2 N–H and O–H groups in total. The van der Waals surface area contributed by atoms with E-state index in [-0.39, 0.29) is 23.7 Å². The number of phenols is 1. The standard InChI is InChI=1S/C22H14Cl2I2N2O2.ClH/c1-11-6-15(17(10-27)12-2-4-13(23)5-3-12)18(24)9-20(11)28-22(30)16-7-14(25)8-19(26)21(16)29;/h2-9,17,29H,1H3,(H,28,30);1H. The second kappa shape index (κ2) is 11.1. The predicted octanol–water partition coefficient (Wildman–Crippen LogP) is 7.55. The van der Waals surface area contributed by atoms with Gasteiger partial charge in [0.25, 0.3) is 5.91 Å². The van der Waals surface area contributed by atoms with Crippen molar-refractivity contribution in [3.8, 4) is 11.8 Å². The Hall–Kier alpha value is -1.25. The van der Waals surface area contributed by atoms with Crippen molar-refractivity contribution in [1.29, 1.82) is 5.26 Å². The van der Waals surface area contributed by atoms with Crippen LogP contribution in [0.25, 0.3) is 0 Å². The fraction of sp³-hybridized carbons (Fsp3) is 0.0909. The number of phenolic OH excluding ortho intramolecular Hbond substituents is 1. The number of halogens is 5. The molecule has 0 radical (unpaired) electrons. The number of nitrogens with zero attached hydrogens (tertiary/aromatic N) is 1. The molecule has 0 heterocycles. The van der Waals surface area contributed by atoms with Crippen LogP contribution in [0.4, 0.5) is 5.69 Å². The number of carbonyl (C=O) groups excluding carboxylic acids is 1. The molecule has 0 fully saturated rings. The number of hydrogen-bond donors (Lipinski definition) is 2. The van der Waals surface area contributed by atoms with Gasteiger partial charge in [0.15, 0.2) is 0 Å². The molecule has 0 saturated carbocycles. The zero-order valence-electron chi connectivity index (χ0n) is 15.9. The van der Waals surface area contributed by atoms with Crippen LogP contribution in [0.5, 0.6) is 5.75 Å². The first-order valence-electron chi connectivity index (χ1n) is 8.65. The van der Waals surface area contributed by atoms with Crippen LogP contribution in [0.15, 0.2) is 48.5 Å². The van der Waals surface area contributed by atoms with Gasteiger partial charge in [-0.2, -0.15) is 5.26 Å². The lowest BCUT2D eigenvalue weighted by Gasteiger charge is -2.16. The van der Waals surface area contributed by atoms with Crippen LogP contribution in [0, 0.1) is 25.4 Å². The summed E-state index contributed by atoms with van der Waals surface area (Å²) in [5, 5.41) is 23.7. The van der Waals surface area contributed by atoms with Crippen LogP contribution in [0.3, 0.4) is 0 Å². The van der Waals surface area contributed by atoms with Crippen LogP contribution in [-0.2, 0) is 0 Å². The third-order valence-electron chi connectivity index (χ3n) is 4.51. The van der Waals surface area contributed by atoms with Gasteiger partial charge in [-0.05, 0) is 99.1 Å². The molecule has 3 rings (SSSR count). The maximum absolute atomic E-state index is 12.7. The summed E-state index contributed by atoms with van der Waals surface area (Å²) >= 11 is 16.5. The summed E-state index contributed by atoms with van der Waals surface area (Å²) in [6.07, 6.45) is 0. The Labute approximate surface area is 223 Å². The number of hydrogen-bond acceptors (Lipinski definition) is 3. The molecule has 0 bridgehead atoms. The van der Waals surface area contributed by atoms with Crippen LogP contribution < -0.4 is 5.32 Å². The van der Waals surface area contributed by atoms with Gasteiger partial charge in [0, 0.05) is 19.3 Å². The van der Waals surface area contributed by atoms with E-state index in [1.807, 2.05) is 29.5 Å². The second-order valence-corrected chi connectivity index (χ2v) is 9.79.